The number of rotatable bonds is 7. The lowest BCUT2D eigenvalue weighted by Gasteiger charge is -2.15. The van der Waals surface area contributed by atoms with Crippen molar-refractivity contribution in [1.82, 2.24) is 9.66 Å². The van der Waals surface area contributed by atoms with Gasteiger partial charge in [0.25, 0.3) is 5.56 Å². The molecule has 38 heavy (non-hydrogen) atoms. The van der Waals surface area contributed by atoms with E-state index >= 15 is 0 Å². The average molecular weight is 589 g/mol. The summed E-state index contributed by atoms with van der Waals surface area (Å²) in [4.78, 5) is 18.2. The average Bonchev–Trinajstić information content (AvgIpc) is 2.95. The highest BCUT2D eigenvalue weighted by Crippen LogP contribution is 2.42. The van der Waals surface area contributed by atoms with Crippen molar-refractivity contribution in [2.24, 2.45) is 5.10 Å². The Morgan fingerprint density at radius 1 is 1.03 bits per heavy atom. The van der Waals surface area contributed by atoms with E-state index in [9.17, 15) is 4.79 Å². The first-order chi connectivity index (χ1) is 18.5. The minimum Gasteiger partial charge on any atom is -0.493 e. The van der Waals surface area contributed by atoms with Gasteiger partial charge in [-0.2, -0.15) is 9.78 Å². The van der Waals surface area contributed by atoms with Crippen LogP contribution in [0.4, 0.5) is 0 Å². The van der Waals surface area contributed by atoms with Gasteiger partial charge in [-0.25, -0.2) is 4.98 Å². The maximum absolute atomic E-state index is 13.4. The van der Waals surface area contributed by atoms with E-state index in [2.05, 4.69) is 21.0 Å². The maximum Gasteiger partial charge on any atom is 0.282 e. The Labute approximate surface area is 233 Å². The highest BCUT2D eigenvalue weighted by atomic mass is 79.9. The fourth-order valence-electron chi connectivity index (χ4n) is 3.95. The number of methoxy groups -OCH3 is 1. The SMILES string of the molecule is COc1cc(C=Nn2c(-c3ccccc3)nc3ccccc3c2=O)c(Br)c(Cl)c1OCc1ccc(C)cc1. The van der Waals surface area contributed by atoms with Gasteiger partial charge in [0.15, 0.2) is 17.3 Å². The number of hydrogen-bond acceptors (Lipinski definition) is 5. The first kappa shape index (κ1) is 25.7. The van der Waals surface area contributed by atoms with Gasteiger partial charge in [-0.15, -0.1) is 0 Å². The Morgan fingerprint density at radius 3 is 2.47 bits per heavy atom. The highest BCUT2D eigenvalue weighted by molar-refractivity contribution is 9.10. The molecule has 1 heterocycles. The Kier molecular flexibility index (Phi) is 7.58. The first-order valence-corrected chi connectivity index (χ1v) is 13.0. The molecule has 1 aromatic heterocycles. The van der Waals surface area contributed by atoms with E-state index in [0.717, 1.165) is 11.1 Å². The van der Waals surface area contributed by atoms with Crippen LogP contribution in [0.3, 0.4) is 0 Å². The summed E-state index contributed by atoms with van der Waals surface area (Å²) in [6.45, 7) is 2.36. The van der Waals surface area contributed by atoms with Gasteiger partial charge in [0.2, 0.25) is 0 Å². The number of fused-ring (bicyclic) bond motifs is 1. The molecule has 0 aliphatic rings. The molecule has 190 valence electrons. The number of ether oxygens (including phenoxy) is 2. The van der Waals surface area contributed by atoms with Crippen LogP contribution in [0.25, 0.3) is 22.3 Å². The lowest BCUT2D eigenvalue weighted by Crippen LogP contribution is -2.20. The Balaban J connectivity index is 1.55. The molecule has 0 aliphatic heterocycles. The quantitative estimate of drug-likeness (QED) is 0.188. The molecule has 0 amide bonds. The van der Waals surface area contributed by atoms with E-state index < -0.39 is 0 Å². The van der Waals surface area contributed by atoms with E-state index in [0.29, 0.717) is 49.9 Å². The molecule has 0 bridgehead atoms. The molecule has 5 rings (SSSR count). The summed E-state index contributed by atoms with van der Waals surface area (Å²) in [5.41, 5.74) is 3.87. The van der Waals surface area contributed by atoms with Crippen LogP contribution >= 0.6 is 27.5 Å². The zero-order chi connectivity index (χ0) is 26.6. The Morgan fingerprint density at radius 2 is 1.74 bits per heavy atom. The van der Waals surface area contributed by atoms with E-state index in [4.69, 9.17) is 26.1 Å². The number of hydrogen-bond donors (Lipinski definition) is 0. The molecule has 0 saturated carbocycles. The van der Waals surface area contributed by atoms with Crippen molar-refractivity contribution in [3.05, 3.63) is 121 Å². The number of nitrogens with zero attached hydrogens (tertiary/aromatic N) is 3. The van der Waals surface area contributed by atoms with E-state index in [1.165, 1.54) is 10.2 Å². The number of benzene rings is 4. The fraction of sp³-hybridized carbons (Fsp3) is 0.100. The third-order valence-electron chi connectivity index (χ3n) is 5.98. The standard InChI is InChI=1S/C30H23BrClN3O3/c1-19-12-14-20(15-13-19)18-38-28-25(37-2)16-22(26(31)27(28)32)17-33-35-29(21-8-4-3-5-9-21)34-24-11-7-6-10-23(24)30(35)36/h3-17H,18H2,1-2H3. The number of aromatic nitrogens is 2. The summed E-state index contributed by atoms with van der Waals surface area (Å²) in [5, 5.41) is 5.35. The summed E-state index contributed by atoms with van der Waals surface area (Å²) in [6.07, 6.45) is 1.55. The molecule has 6 nitrogen and oxygen atoms in total. The second kappa shape index (κ2) is 11.2. The van der Waals surface area contributed by atoms with Crippen molar-refractivity contribution >= 4 is 44.6 Å². The molecule has 0 aliphatic carbocycles. The number of halogens is 2. The lowest BCUT2D eigenvalue weighted by atomic mass is 10.1. The van der Waals surface area contributed by atoms with Crippen LogP contribution in [0.2, 0.25) is 5.02 Å². The van der Waals surface area contributed by atoms with Crippen molar-refractivity contribution in [2.75, 3.05) is 7.11 Å². The normalized spacial score (nSPS) is 11.3. The molecule has 0 unspecified atom stereocenters. The molecule has 0 fully saturated rings. The van der Waals surface area contributed by atoms with Gasteiger partial charge in [0.05, 0.1) is 24.2 Å². The van der Waals surface area contributed by atoms with Crippen molar-refractivity contribution < 1.29 is 9.47 Å². The van der Waals surface area contributed by atoms with Gasteiger partial charge in [-0.3, -0.25) is 4.79 Å². The number of para-hydroxylation sites is 1. The summed E-state index contributed by atoms with van der Waals surface area (Å²) >= 11 is 10.3. The van der Waals surface area contributed by atoms with Crippen molar-refractivity contribution in [1.29, 1.82) is 0 Å². The van der Waals surface area contributed by atoms with Gasteiger partial charge >= 0.3 is 0 Å². The minimum atomic E-state index is -0.280. The van der Waals surface area contributed by atoms with Crippen LogP contribution in [-0.2, 0) is 6.61 Å². The first-order valence-electron chi connectivity index (χ1n) is 11.8. The van der Waals surface area contributed by atoms with Gasteiger partial charge in [-0.05, 0) is 46.6 Å². The molecule has 0 atom stereocenters. The van der Waals surface area contributed by atoms with E-state index in [-0.39, 0.29) is 5.56 Å². The largest absolute Gasteiger partial charge is 0.493 e. The monoisotopic (exact) mass is 587 g/mol. The summed E-state index contributed by atoms with van der Waals surface area (Å²) < 4.78 is 13.5. The minimum absolute atomic E-state index is 0.280. The molecule has 5 aromatic rings. The van der Waals surface area contributed by atoms with Crippen LogP contribution in [0.5, 0.6) is 11.5 Å². The topological polar surface area (TPSA) is 65.7 Å². The van der Waals surface area contributed by atoms with Crippen LogP contribution in [0, 0.1) is 6.92 Å². The molecule has 0 spiro atoms. The van der Waals surface area contributed by atoms with Crippen molar-refractivity contribution in [3.63, 3.8) is 0 Å². The zero-order valence-electron chi connectivity index (χ0n) is 20.7. The molecule has 4 aromatic carbocycles. The van der Waals surface area contributed by atoms with E-state index in [1.54, 1.807) is 31.5 Å². The third-order valence-corrected chi connectivity index (χ3v) is 7.42. The Hall–Kier alpha value is -3.94. The van der Waals surface area contributed by atoms with Crippen LogP contribution in [0.1, 0.15) is 16.7 Å². The fourth-order valence-corrected chi connectivity index (χ4v) is 4.60. The van der Waals surface area contributed by atoms with Gasteiger partial charge < -0.3 is 9.47 Å². The molecule has 0 N–H and O–H groups in total. The maximum atomic E-state index is 13.4. The second-order valence-electron chi connectivity index (χ2n) is 8.58. The lowest BCUT2D eigenvalue weighted by molar-refractivity contribution is 0.284. The highest BCUT2D eigenvalue weighted by Gasteiger charge is 2.18. The van der Waals surface area contributed by atoms with Crippen LogP contribution < -0.4 is 15.0 Å². The number of aryl methyl sites for hydroxylation is 1. The van der Waals surface area contributed by atoms with E-state index in [1.807, 2.05) is 73.7 Å². The zero-order valence-corrected chi connectivity index (χ0v) is 23.0. The van der Waals surface area contributed by atoms with Crippen LogP contribution in [-0.4, -0.2) is 23.0 Å². The van der Waals surface area contributed by atoms with Gasteiger partial charge in [0.1, 0.15) is 11.6 Å². The van der Waals surface area contributed by atoms with Crippen molar-refractivity contribution in [2.45, 2.75) is 13.5 Å². The van der Waals surface area contributed by atoms with Gasteiger partial charge in [0, 0.05) is 15.6 Å². The molecule has 0 radical (unpaired) electrons. The molecule has 0 saturated heterocycles. The van der Waals surface area contributed by atoms with Crippen molar-refractivity contribution in [3.8, 4) is 22.9 Å². The molecular weight excluding hydrogens is 566 g/mol. The second-order valence-corrected chi connectivity index (χ2v) is 9.75. The predicted molar refractivity (Wildman–Crippen MR) is 156 cm³/mol. The molecule has 8 heteroatoms. The third kappa shape index (κ3) is 5.21. The smallest absolute Gasteiger partial charge is 0.282 e. The Bertz CT molecular complexity index is 1700. The molecular formula is C30H23BrClN3O3. The predicted octanol–water partition coefficient (Wildman–Crippen LogP) is 7.26. The summed E-state index contributed by atoms with van der Waals surface area (Å²) in [7, 11) is 1.55. The summed E-state index contributed by atoms with van der Waals surface area (Å²) in [6, 6.07) is 26.5. The van der Waals surface area contributed by atoms with Gasteiger partial charge in [-0.1, -0.05) is 83.9 Å². The van der Waals surface area contributed by atoms with Crippen LogP contribution in [0.15, 0.2) is 99.3 Å². The summed E-state index contributed by atoms with van der Waals surface area (Å²) in [5.74, 6) is 1.28.